The zero-order chi connectivity index (χ0) is 13.3. The zero-order valence-electron chi connectivity index (χ0n) is 12.1. The lowest BCUT2D eigenvalue weighted by atomic mass is 9.86. The molecule has 1 heterocycles. The van der Waals surface area contributed by atoms with Gasteiger partial charge in [0.25, 0.3) is 0 Å². The van der Waals surface area contributed by atoms with Gasteiger partial charge < -0.3 is 5.73 Å². The van der Waals surface area contributed by atoms with E-state index in [0.29, 0.717) is 0 Å². The summed E-state index contributed by atoms with van der Waals surface area (Å²) in [6.45, 7) is 5.81. The van der Waals surface area contributed by atoms with E-state index in [9.17, 15) is 0 Å². The summed E-state index contributed by atoms with van der Waals surface area (Å²) >= 11 is 0. The maximum absolute atomic E-state index is 6.25. The molecule has 2 nitrogen and oxygen atoms in total. The molecule has 2 heteroatoms. The molecule has 2 aliphatic rings. The largest absolute Gasteiger partial charge is 0.327 e. The maximum Gasteiger partial charge on any atom is 0.0236 e. The first-order valence-corrected chi connectivity index (χ1v) is 7.79. The van der Waals surface area contributed by atoms with E-state index in [1.165, 1.54) is 56.3 Å². The Kier molecular flexibility index (Phi) is 3.64. The monoisotopic (exact) mass is 258 g/mol. The van der Waals surface area contributed by atoms with Crippen LogP contribution in [0.15, 0.2) is 24.3 Å². The Hall–Kier alpha value is -0.860. The minimum Gasteiger partial charge on any atom is -0.327 e. The highest BCUT2D eigenvalue weighted by Crippen LogP contribution is 2.51. The van der Waals surface area contributed by atoms with Crippen LogP contribution in [0, 0.1) is 0 Å². The lowest BCUT2D eigenvalue weighted by Gasteiger charge is -2.29. The number of hydrogen-bond donors (Lipinski definition) is 1. The molecular formula is C17H26N2. The Balaban J connectivity index is 1.81. The lowest BCUT2D eigenvalue weighted by Crippen LogP contribution is -2.34. The molecule has 1 atom stereocenters. The van der Waals surface area contributed by atoms with Crippen LogP contribution in [-0.4, -0.2) is 24.0 Å². The Morgan fingerprint density at radius 2 is 1.84 bits per heavy atom. The van der Waals surface area contributed by atoms with Crippen molar-refractivity contribution in [3.63, 3.8) is 0 Å². The summed E-state index contributed by atoms with van der Waals surface area (Å²) in [4.78, 5) is 2.61. The van der Waals surface area contributed by atoms with E-state index >= 15 is 0 Å². The second-order valence-electron chi connectivity index (χ2n) is 6.44. The van der Waals surface area contributed by atoms with E-state index in [2.05, 4.69) is 36.1 Å². The Labute approximate surface area is 117 Å². The molecule has 104 valence electrons. The molecule has 1 saturated heterocycles. The van der Waals surface area contributed by atoms with Gasteiger partial charge in [-0.2, -0.15) is 0 Å². The van der Waals surface area contributed by atoms with Gasteiger partial charge in [-0.1, -0.05) is 30.7 Å². The summed E-state index contributed by atoms with van der Waals surface area (Å²) in [5, 5.41) is 0. The third-order valence-corrected chi connectivity index (χ3v) is 5.06. The van der Waals surface area contributed by atoms with Gasteiger partial charge in [0.15, 0.2) is 0 Å². The number of benzene rings is 1. The standard InChI is InChI=1S/C17H26N2/c1-14(18)17(9-10-17)16-8-4-3-7-15(16)13-19-11-5-2-6-12-19/h3-4,7-8,14H,2,5-6,9-13,18H2,1H3. The Morgan fingerprint density at radius 1 is 1.16 bits per heavy atom. The second-order valence-corrected chi connectivity index (χ2v) is 6.44. The molecule has 0 spiro atoms. The molecule has 1 aromatic carbocycles. The van der Waals surface area contributed by atoms with E-state index in [4.69, 9.17) is 5.73 Å². The van der Waals surface area contributed by atoms with Crippen LogP contribution in [0.1, 0.15) is 50.2 Å². The second kappa shape index (κ2) is 5.26. The zero-order valence-corrected chi connectivity index (χ0v) is 12.1. The fourth-order valence-electron chi connectivity index (χ4n) is 3.61. The van der Waals surface area contributed by atoms with Crippen molar-refractivity contribution in [1.82, 2.24) is 4.90 Å². The van der Waals surface area contributed by atoms with Crippen LogP contribution in [0.3, 0.4) is 0 Å². The van der Waals surface area contributed by atoms with Crippen molar-refractivity contribution < 1.29 is 0 Å². The van der Waals surface area contributed by atoms with Crippen molar-refractivity contribution in [2.24, 2.45) is 5.73 Å². The molecule has 1 aliphatic heterocycles. The van der Waals surface area contributed by atoms with Crippen LogP contribution in [0.5, 0.6) is 0 Å². The third-order valence-electron chi connectivity index (χ3n) is 5.06. The maximum atomic E-state index is 6.25. The number of nitrogens with two attached hydrogens (primary N) is 1. The predicted octanol–water partition coefficient (Wildman–Crippen LogP) is 3.05. The molecule has 2 fully saturated rings. The fourth-order valence-corrected chi connectivity index (χ4v) is 3.61. The van der Waals surface area contributed by atoms with Gasteiger partial charge in [-0.3, -0.25) is 4.90 Å². The number of likely N-dealkylation sites (tertiary alicyclic amines) is 1. The minimum absolute atomic E-state index is 0.273. The quantitative estimate of drug-likeness (QED) is 0.899. The Bertz CT molecular complexity index is 429. The Morgan fingerprint density at radius 3 is 2.47 bits per heavy atom. The van der Waals surface area contributed by atoms with Crippen molar-refractivity contribution >= 4 is 0 Å². The topological polar surface area (TPSA) is 29.3 Å². The van der Waals surface area contributed by atoms with Crippen LogP contribution in [0.4, 0.5) is 0 Å². The minimum atomic E-state index is 0.273. The fraction of sp³-hybridized carbons (Fsp3) is 0.647. The average Bonchev–Trinajstić information content (AvgIpc) is 3.22. The summed E-state index contributed by atoms with van der Waals surface area (Å²) < 4.78 is 0. The van der Waals surface area contributed by atoms with E-state index in [1.807, 2.05) is 0 Å². The van der Waals surface area contributed by atoms with Crippen molar-refractivity contribution in [3.8, 4) is 0 Å². The molecule has 0 amide bonds. The molecule has 1 aliphatic carbocycles. The molecule has 19 heavy (non-hydrogen) atoms. The highest BCUT2D eigenvalue weighted by Gasteiger charge is 2.48. The van der Waals surface area contributed by atoms with Crippen LogP contribution in [0.25, 0.3) is 0 Å². The summed E-state index contributed by atoms with van der Waals surface area (Å²) in [6.07, 6.45) is 6.66. The predicted molar refractivity (Wildman–Crippen MR) is 80.1 cm³/mol. The van der Waals surface area contributed by atoms with Gasteiger partial charge in [0.05, 0.1) is 0 Å². The first-order valence-electron chi connectivity index (χ1n) is 7.79. The lowest BCUT2D eigenvalue weighted by molar-refractivity contribution is 0.219. The van der Waals surface area contributed by atoms with Crippen LogP contribution in [-0.2, 0) is 12.0 Å². The number of piperidine rings is 1. The molecule has 1 unspecified atom stereocenters. The van der Waals surface area contributed by atoms with Crippen molar-refractivity contribution in [2.75, 3.05) is 13.1 Å². The van der Waals surface area contributed by atoms with E-state index in [0.717, 1.165) is 6.54 Å². The summed E-state index contributed by atoms with van der Waals surface area (Å²) in [7, 11) is 0. The van der Waals surface area contributed by atoms with Crippen molar-refractivity contribution in [2.45, 2.75) is 57.0 Å². The first kappa shape index (κ1) is 13.1. The summed E-state index contributed by atoms with van der Waals surface area (Å²) in [6, 6.07) is 9.26. The SMILES string of the molecule is CC(N)C1(c2ccccc2CN2CCCCC2)CC1. The van der Waals surface area contributed by atoms with Gasteiger partial charge in [0.2, 0.25) is 0 Å². The summed E-state index contributed by atoms with van der Waals surface area (Å²) in [5.74, 6) is 0. The van der Waals surface area contributed by atoms with Crippen LogP contribution in [0.2, 0.25) is 0 Å². The van der Waals surface area contributed by atoms with Gasteiger partial charge in [0.1, 0.15) is 0 Å². The van der Waals surface area contributed by atoms with Gasteiger partial charge in [0, 0.05) is 18.0 Å². The molecule has 0 radical (unpaired) electrons. The smallest absolute Gasteiger partial charge is 0.0236 e. The molecule has 3 rings (SSSR count). The van der Waals surface area contributed by atoms with Gasteiger partial charge in [-0.25, -0.2) is 0 Å². The molecule has 1 aromatic rings. The van der Waals surface area contributed by atoms with E-state index < -0.39 is 0 Å². The molecule has 0 bridgehead atoms. The van der Waals surface area contributed by atoms with Gasteiger partial charge >= 0.3 is 0 Å². The van der Waals surface area contributed by atoms with Gasteiger partial charge in [-0.15, -0.1) is 0 Å². The molecule has 1 saturated carbocycles. The first-order chi connectivity index (χ1) is 9.22. The van der Waals surface area contributed by atoms with Crippen molar-refractivity contribution in [3.05, 3.63) is 35.4 Å². The normalized spacial score (nSPS) is 24.1. The number of rotatable bonds is 4. The van der Waals surface area contributed by atoms with Crippen LogP contribution >= 0.6 is 0 Å². The molecule has 0 aromatic heterocycles. The van der Waals surface area contributed by atoms with Crippen molar-refractivity contribution in [1.29, 1.82) is 0 Å². The van der Waals surface area contributed by atoms with E-state index in [1.54, 1.807) is 0 Å². The highest BCUT2D eigenvalue weighted by molar-refractivity contribution is 5.40. The molecular weight excluding hydrogens is 232 g/mol. The van der Waals surface area contributed by atoms with Crippen LogP contribution < -0.4 is 5.73 Å². The highest BCUT2D eigenvalue weighted by atomic mass is 15.1. The number of nitrogens with zero attached hydrogens (tertiary/aromatic N) is 1. The van der Waals surface area contributed by atoms with Gasteiger partial charge in [-0.05, 0) is 56.8 Å². The number of hydrogen-bond acceptors (Lipinski definition) is 2. The third kappa shape index (κ3) is 2.56. The molecule has 2 N–H and O–H groups in total. The van der Waals surface area contributed by atoms with E-state index in [-0.39, 0.29) is 11.5 Å². The average molecular weight is 258 g/mol. The summed E-state index contributed by atoms with van der Waals surface area (Å²) in [5.41, 5.74) is 9.57.